The first-order chi connectivity index (χ1) is 7.36. The van der Waals surface area contributed by atoms with Crippen LogP contribution in [0.25, 0.3) is 0 Å². The molecule has 0 saturated carbocycles. The summed E-state index contributed by atoms with van der Waals surface area (Å²) >= 11 is 0. The maximum Gasteiger partial charge on any atom is 0.416 e. The van der Waals surface area contributed by atoms with Crippen molar-refractivity contribution in [2.75, 3.05) is 6.54 Å². The number of primary amides is 1. The largest absolute Gasteiger partial charge is 0.416 e. The second-order valence-corrected chi connectivity index (χ2v) is 3.27. The van der Waals surface area contributed by atoms with E-state index in [1.807, 2.05) is 0 Å². The van der Waals surface area contributed by atoms with Crippen molar-refractivity contribution in [1.82, 2.24) is 0 Å². The molecule has 3 nitrogen and oxygen atoms in total. The summed E-state index contributed by atoms with van der Waals surface area (Å²) < 4.78 is 37.1. The molecular weight excluding hydrogens is 221 g/mol. The third kappa shape index (κ3) is 2.73. The van der Waals surface area contributed by atoms with Gasteiger partial charge in [0.25, 0.3) is 0 Å². The van der Waals surface area contributed by atoms with Crippen molar-refractivity contribution in [3.8, 4) is 0 Å². The summed E-state index contributed by atoms with van der Waals surface area (Å²) in [6, 6.07) is 2.90. The van der Waals surface area contributed by atoms with Gasteiger partial charge < -0.3 is 11.5 Å². The van der Waals surface area contributed by atoms with Crippen LogP contribution in [0.2, 0.25) is 0 Å². The van der Waals surface area contributed by atoms with Crippen molar-refractivity contribution in [2.45, 2.75) is 12.6 Å². The van der Waals surface area contributed by atoms with Crippen LogP contribution in [0.5, 0.6) is 0 Å². The Balaban J connectivity index is 3.23. The standard InChI is InChI=1S/C10H11F3N2O/c11-10(12,13)7-2-1-6(3-4-14)8(5-7)9(15)16/h1-2,5H,3-4,14H2,(H2,15,16). The van der Waals surface area contributed by atoms with Crippen molar-refractivity contribution in [1.29, 1.82) is 0 Å². The van der Waals surface area contributed by atoms with Gasteiger partial charge in [-0.25, -0.2) is 0 Å². The molecule has 0 heterocycles. The molecule has 0 saturated heterocycles. The fraction of sp³-hybridized carbons (Fsp3) is 0.300. The summed E-state index contributed by atoms with van der Waals surface area (Å²) in [7, 11) is 0. The Kier molecular flexibility index (Phi) is 3.54. The molecule has 0 atom stereocenters. The predicted molar refractivity (Wildman–Crippen MR) is 52.7 cm³/mol. The number of alkyl halides is 3. The summed E-state index contributed by atoms with van der Waals surface area (Å²) in [5, 5.41) is 0. The summed E-state index contributed by atoms with van der Waals surface area (Å²) in [4.78, 5) is 11.0. The van der Waals surface area contributed by atoms with Crippen LogP contribution >= 0.6 is 0 Å². The zero-order valence-electron chi connectivity index (χ0n) is 8.34. The molecule has 0 radical (unpaired) electrons. The lowest BCUT2D eigenvalue weighted by Crippen LogP contribution is -2.17. The Morgan fingerprint density at radius 2 is 1.94 bits per heavy atom. The molecule has 0 spiro atoms. The average molecular weight is 232 g/mol. The molecule has 6 heteroatoms. The van der Waals surface area contributed by atoms with E-state index in [-0.39, 0.29) is 12.1 Å². The van der Waals surface area contributed by atoms with E-state index in [0.717, 1.165) is 12.1 Å². The first-order valence-corrected chi connectivity index (χ1v) is 4.56. The van der Waals surface area contributed by atoms with Crippen LogP contribution in [0, 0.1) is 0 Å². The number of rotatable bonds is 3. The van der Waals surface area contributed by atoms with Gasteiger partial charge in [0, 0.05) is 5.56 Å². The zero-order chi connectivity index (χ0) is 12.3. The highest BCUT2D eigenvalue weighted by Gasteiger charge is 2.31. The molecule has 0 bridgehead atoms. The molecule has 0 aliphatic rings. The van der Waals surface area contributed by atoms with E-state index in [4.69, 9.17) is 11.5 Å². The molecule has 88 valence electrons. The molecule has 0 aliphatic carbocycles. The maximum absolute atomic E-state index is 12.4. The highest BCUT2D eigenvalue weighted by atomic mass is 19.4. The fourth-order valence-corrected chi connectivity index (χ4v) is 1.36. The Bertz CT molecular complexity index is 402. The Labute approximate surface area is 90.2 Å². The van der Waals surface area contributed by atoms with Gasteiger partial charge in [0.15, 0.2) is 0 Å². The molecule has 1 aromatic carbocycles. The van der Waals surface area contributed by atoms with Crippen molar-refractivity contribution >= 4 is 5.91 Å². The SMILES string of the molecule is NCCc1ccc(C(F)(F)F)cc1C(N)=O. The van der Waals surface area contributed by atoms with Crippen molar-refractivity contribution in [2.24, 2.45) is 11.5 Å². The molecule has 4 N–H and O–H groups in total. The van der Waals surface area contributed by atoms with Crippen LogP contribution < -0.4 is 11.5 Å². The summed E-state index contributed by atoms with van der Waals surface area (Å²) in [5.74, 6) is -0.880. The highest BCUT2D eigenvalue weighted by molar-refractivity contribution is 5.94. The van der Waals surface area contributed by atoms with Crippen molar-refractivity contribution in [3.63, 3.8) is 0 Å². The number of amides is 1. The maximum atomic E-state index is 12.4. The van der Waals surface area contributed by atoms with Crippen molar-refractivity contribution in [3.05, 3.63) is 34.9 Å². The molecule has 1 rings (SSSR count). The van der Waals surface area contributed by atoms with Gasteiger partial charge in [-0.3, -0.25) is 4.79 Å². The van der Waals surface area contributed by atoms with E-state index in [2.05, 4.69) is 0 Å². The average Bonchev–Trinajstić information content (AvgIpc) is 2.16. The van der Waals surface area contributed by atoms with Crippen LogP contribution in [-0.4, -0.2) is 12.5 Å². The van der Waals surface area contributed by atoms with E-state index in [0.29, 0.717) is 12.0 Å². The van der Waals surface area contributed by atoms with E-state index in [1.54, 1.807) is 0 Å². The van der Waals surface area contributed by atoms with E-state index < -0.39 is 17.6 Å². The minimum atomic E-state index is -4.48. The number of halogens is 3. The number of benzene rings is 1. The number of carbonyl (C=O) groups excluding carboxylic acids is 1. The molecule has 0 aliphatic heterocycles. The Morgan fingerprint density at radius 1 is 1.31 bits per heavy atom. The zero-order valence-corrected chi connectivity index (χ0v) is 8.34. The minimum absolute atomic E-state index is 0.125. The molecule has 0 aromatic heterocycles. The van der Waals surface area contributed by atoms with Crippen LogP contribution in [0.15, 0.2) is 18.2 Å². The molecule has 1 amide bonds. The van der Waals surface area contributed by atoms with E-state index in [1.165, 1.54) is 6.07 Å². The summed E-state index contributed by atoms with van der Waals surface area (Å²) in [6.45, 7) is 0.242. The highest BCUT2D eigenvalue weighted by Crippen LogP contribution is 2.30. The van der Waals surface area contributed by atoms with Gasteiger partial charge in [0.1, 0.15) is 0 Å². The summed E-state index contributed by atoms with van der Waals surface area (Å²) in [5.41, 5.74) is 9.71. The summed E-state index contributed by atoms with van der Waals surface area (Å²) in [6.07, 6.45) is -4.16. The fourth-order valence-electron chi connectivity index (χ4n) is 1.36. The second-order valence-electron chi connectivity index (χ2n) is 3.27. The number of hydrogen-bond donors (Lipinski definition) is 2. The third-order valence-electron chi connectivity index (χ3n) is 2.12. The Hall–Kier alpha value is -1.56. The monoisotopic (exact) mass is 232 g/mol. The Morgan fingerprint density at radius 3 is 2.38 bits per heavy atom. The van der Waals surface area contributed by atoms with Gasteiger partial charge in [-0.05, 0) is 30.7 Å². The van der Waals surface area contributed by atoms with Gasteiger partial charge in [0.05, 0.1) is 5.56 Å². The first-order valence-electron chi connectivity index (χ1n) is 4.56. The quantitative estimate of drug-likeness (QED) is 0.824. The number of hydrogen-bond acceptors (Lipinski definition) is 2. The van der Waals surface area contributed by atoms with Gasteiger partial charge in [0.2, 0.25) is 5.91 Å². The van der Waals surface area contributed by atoms with Crippen LogP contribution in [0.3, 0.4) is 0 Å². The molecule has 0 fully saturated rings. The smallest absolute Gasteiger partial charge is 0.366 e. The topological polar surface area (TPSA) is 69.1 Å². The van der Waals surface area contributed by atoms with Crippen LogP contribution in [-0.2, 0) is 12.6 Å². The number of nitrogens with two attached hydrogens (primary N) is 2. The minimum Gasteiger partial charge on any atom is -0.366 e. The van der Waals surface area contributed by atoms with Crippen LogP contribution in [0.1, 0.15) is 21.5 Å². The first kappa shape index (κ1) is 12.5. The van der Waals surface area contributed by atoms with E-state index >= 15 is 0 Å². The van der Waals surface area contributed by atoms with Gasteiger partial charge in [-0.2, -0.15) is 13.2 Å². The van der Waals surface area contributed by atoms with E-state index in [9.17, 15) is 18.0 Å². The second kappa shape index (κ2) is 4.52. The number of carbonyl (C=O) groups is 1. The lowest BCUT2D eigenvalue weighted by Gasteiger charge is -2.10. The van der Waals surface area contributed by atoms with Crippen LogP contribution in [0.4, 0.5) is 13.2 Å². The third-order valence-corrected chi connectivity index (χ3v) is 2.12. The molecule has 0 unspecified atom stereocenters. The lowest BCUT2D eigenvalue weighted by molar-refractivity contribution is -0.137. The molecular formula is C10H11F3N2O. The van der Waals surface area contributed by atoms with Crippen molar-refractivity contribution < 1.29 is 18.0 Å². The normalized spacial score (nSPS) is 11.5. The van der Waals surface area contributed by atoms with Gasteiger partial charge >= 0.3 is 6.18 Å². The predicted octanol–water partition coefficient (Wildman–Crippen LogP) is 1.31. The lowest BCUT2D eigenvalue weighted by atomic mass is 10.0. The van der Waals surface area contributed by atoms with Gasteiger partial charge in [-0.15, -0.1) is 0 Å². The molecule has 1 aromatic rings. The molecule has 16 heavy (non-hydrogen) atoms. The van der Waals surface area contributed by atoms with Gasteiger partial charge in [-0.1, -0.05) is 6.07 Å².